The Balaban J connectivity index is 1.21. The minimum absolute atomic E-state index is 0.200. The number of hydrogen-bond acceptors (Lipinski definition) is 7. The lowest BCUT2D eigenvalue weighted by atomic mass is 9.86. The molecule has 0 unspecified atom stereocenters. The highest BCUT2D eigenvalue weighted by atomic mass is 32.1. The van der Waals surface area contributed by atoms with E-state index >= 15 is 0 Å². The number of nitrogens with zero attached hydrogens (tertiary/aromatic N) is 3. The zero-order valence-electron chi connectivity index (χ0n) is 22.8. The summed E-state index contributed by atoms with van der Waals surface area (Å²) in [6, 6.07) is 29.5. The normalized spacial score (nSPS) is 14.7. The highest BCUT2D eigenvalue weighted by Gasteiger charge is 2.42. The molecule has 0 bridgehead atoms. The van der Waals surface area contributed by atoms with Gasteiger partial charge in [0.1, 0.15) is 0 Å². The van der Waals surface area contributed by atoms with Crippen LogP contribution in [0.4, 0.5) is 17.3 Å². The van der Waals surface area contributed by atoms with Gasteiger partial charge in [-0.25, -0.2) is 9.97 Å². The zero-order chi connectivity index (χ0) is 28.6. The molecule has 2 aliphatic carbocycles. The average molecular weight is 582 g/mol. The van der Waals surface area contributed by atoms with Crippen LogP contribution in [0.25, 0.3) is 25.9 Å². The SMILES string of the molecule is CC1(C)c2nc(N(c3ccccc3)c3ccccc3)ncc2-c2sc3cc(C=C4C(=O)c5ccccc5C4=O)sc3c21. The van der Waals surface area contributed by atoms with Gasteiger partial charge in [0.15, 0.2) is 11.6 Å². The van der Waals surface area contributed by atoms with E-state index in [1.165, 1.54) is 15.1 Å². The van der Waals surface area contributed by atoms with Gasteiger partial charge in [-0.15, -0.1) is 22.7 Å². The first kappa shape index (κ1) is 25.0. The van der Waals surface area contributed by atoms with E-state index in [0.29, 0.717) is 17.1 Å². The zero-order valence-corrected chi connectivity index (χ0v) is 24.4. The minimum atomic E-state index is -0.357. The van der Waals surface area contributed by atoms with Gasteiger partial charge in [-0.3, -0.25) is 14.5 Å². The van der Waals surface area contributed by atoms with Crippen molar-refractivity contribution in [1.82, 2.24) is 9.97 Å². The Morgan fingerprint density at radius 3 is 1.98 bits per heavy atom. The van der Waals surface area contributed by atoms with E-state index in [9.17, 15) is 9.59 Å². The summed E-state index contributed by atoms with van der Waals surface area (Å²) < 4.78 is 2.31. The van der Waals surface area contributed by atoms with E-state index in [-0.39, 0.29) is 22.6 Å². The number of fused-ring (bicyclic) bond motifs is 6. The fraction of sp³-hybridized carbons (Fsp3) is 0.0857. The number of allylic oxidation sites excluding steroid dienone is 1. The third-order valence-electron chi connectivity index (χ3n) is 8.04. The summed E-state index contributed by atoms with van der Waals surface area (Å²) in [7, 11) is 0. The lowest BCUT2D eigenvalue weighted by Gasteiger charge is -2.25. The number of thiophene rings is 2. The van der Waals surface area contributed by atoms with Crippen LogP contribution in [0.3, 0.4) is 0 Å². The molecule has 0 radical (unpaired) electrons. The number of carbonyl (C=O) groups excluding carboxylic acids is 2. The fourth-order valence-corrected chi connectivity index (χ4v) is 8.97. The molecule has 5 nitrogen and oxygen atoms in total. The molecule has 7 heteroatoms. The van der Waals surface area contributed by atoms with Gasteiger partial charge in [-0.1, -0.05) is 74.5 Å². The second kappa shape index (κ2) is 9.14. The van der Waals surface area contributed by atoms with Crippen LogP contribution in [0.2, 0.25) is 0 Å². The number of carbonyl (C=O) groups is 2. The number of aromatic nitrogens is 2. The first-order valence-corrected chi connectivity index (χ1v) is 15.3. The van der Waals surface area contributed by atoms with Crippen molar-refractivity contribution in [2.45, 2.75) is 19.3 Å². The van der Waals surface area contributed by atoms with Crippen LogP contribution in [-0.2, 0) is 5.41 Å². The number of rotatable bonds is 4. The van der Waals surface area contributed by atoms with Gasteiger partial charge in [0.05, 0.1) is 16.0 Å². The number of anilines is 3. The summed E-state index contributed by atoms with van der Waals surface area (Å²) in [5.41, 5.74) is 6.12. The smallest absolute Gasteiger partial charge is 0.234 e. The summed E-state index contributed by atoms with van der Waals surface area (Å²) in [6.07, 6.45) is 3.72. The number of benzene rings is 3. The molecule has 0 aliphatic heterocycles. The number of para-hydroxylation sites is 2. The standard InChI is InChI=1S/C35H23N3O2S2/c1-35(2)28-31(42-27-18-22(41-32(27)28)17-25-29(39)23-15-9-10-16-24(23)30(25)40)26-19-36-34(37-33(26)35)38(20-11-5-3-6-12-20)21-13-7-4-8-14-21/h3-19H,1-2H3. The second-order valence-corrected chi connectivity index (χ2v) is 13.1. The molecule has 0 fully saturated rings. The molecular formula is C35H23N3O2S2. The summed E-state index contributed by atoms with van der Waals surface area (Å²) in [6.45, 7) is 4.43. The van der Waals surface area contributed by atoms with Crippen LogP contribution in [0.15, 0.2) is 103 Å². The lowest BCUT2D eigenvalue weighted by molar-refractivity contribution is 0.0990. The number of ketones is 2. The minimum Gasteiger partial charge on any atom is -0.288 e. The molecule has 6 aromatic rings. The molecule has 0 saturated heterocycles. The van der Waals surface area contributed by atoms with Crippen molar-refractivity contribution in [3.63, 3.8) is 0 Å². The maximum Gasteiger partial charge on any atom is 0.234 e. The van der Waals surface area contributed by atoms with Crippen LogP contribution in [-0.4, -0.2) is 21.5 Å². The Bertz CT molecular complexity index is 2030. The van der Waals surface area contributed by atoms with E-state index in [0.717, 1.165) is 32.2 Å². The van der Waals surface area contributed by atoms with Crippen LogP contribution in [0, 0.1) is 0 Å². The highest BCUT2D eigenvalue weighted by molar-refractivity contribution is 7.30. The second-order valence-electron chi connectivity index (χ2n) is 11.0. The van der Waals surface area contributed by atoms with Gasteiger partial charge >= 0.3 is 0 Å². The van der Waals surface area contributed by atoms with Gasteiger partial charge in [0.25, 0.3) is 0 Å². The Morgan fingerprint density at radius 2 is 1.36 bits per heavy atom. The van der Waals surface area contributed by atoms with Crippen molar-refractivity contribution in [3.05, 3.63) is 130 Å². The fourth-order valence-electron chi connectivity index (χ4n) is 6.06. The Morgan fingerprint density at radius 1 is 0.762 bits per heavy atom. The van der Waals surface area contributed by atoms with Crippen molar-refractivity contribution in [2.24, 2.45) is 0 Å². The predicted octanol–water partition coefficient (Wildman–Crippen LogP) is 8.99. The molecule has 0 atom stereocenters. The number of hydrogen-bond donors (Lipinski definition) is 0. The van der Waals surface area contributed by atoms with Crippen LogP contribution < -0.4 is 4.90 Å². The molecule has 0 N–H and O–H groups in total. The maximum atomic E-state index is 13.0. The molecule has 0 spiro atoms. The molecule has 0 saturated carbocycles. The van der Waals surface area contributed by atoms with Crippen molar-refractivity contribution in [2.75, 3.05) is 4.90 Å². The number of Topliss-reactive ketones (excluding diaryl/α,β-unsaturated/α-hetero) is 2. The van der Waals surface area contributed by atoms with Gasteiger partial charge in [-0.05, 0) is 36.4 Å². The molecule has 3 heterocycles. The average Bonchev–Trinajstić information content (AvgIpc) is 3.69. The van der Waals surface area contributed by atoms with E-state index in [4.69, 9.17) is 9.97 Å². The quantitative estimate of drug-likeness (QED) is 0.154. The maximum absolute atomic E-state index is 13.0. The largest absolute Gasteiger partial charge is 0.288 e. The molecule has 3 aromatic carbocycles. The van der Waals surface area contributed by atoms with Crippen LogP contribution in [0.5, 0.6) is 0 Å². The van der Waals surface area contributed by atoms with Crippen molar-refractivity contribution in [3.8, 4) is 10.4 Å². The molecule has 3 aromatic heterocycles. The van der Waals surface area contributed by atoms with E-state index < -0.39 is 0 Å². The summed E-state index contributed by atoms with van der Waals surface area (Å²) >= 11 is 3.35. The Kier molecular flexibility index (Phi) is 5.45. The molecule has 2 aliphatic rings. The van der Waals surface area contributed by atoms with Crippen molar-refractivity contribution >= 4 is 67.0 Å². The highest BCUT2D eigenvalue weighted by Crippen LogP contribution is 2.56. The molecule has 0 amide bonds. The van der Waals surface area contributed by atoms with Crippen molar-refractivity contribution in [1.29, 1.82) is 0 Å². The van der Waals surface area contributed by atoms with Gasteiger partial charge < -0.3 is 0 Å². The summed E-state index contributed by atoms with van der Waals surface area (Å²) in [5, 5.41) is 0. The van der Waals surface area contributed by atoms with Crippen molar-refractivity contribution < 1.29 is 9.59 Å². The molecular weight excluding hydrogens is 559 g/mol. The molecule has 42 heavy (non-hydrogen) atoms. The Hall–Kier alpha value is -4.72. The van der Waals surface area contributed by atoms with Gasteiger partial charge in [0, 0.05) is 59.7 Å². The Labute approximate surface area is 250 Å². The summed E-state index contributed by atoms with van der Waals surface area (Å²) in [5.74, 6) is 0.226. The predicted molar refractivity (Wildman–Crippen MR) is 171 cm³/mol. The molecule has 8 rings (SSSR count). The van der Waals surface area contributed by atoms with E-state index in [1.807, 2.05) is 42.6 Å². The monoisotopic (exact) mass is 581 g/mol. The topological polar surface area (TPSA) is 63.2 Å². The van der Waals surface area contributed by atoms with Crippen LogP contribution in [0.1, 0.15) is 50.7 Å². The first-order valence-electron chi connectivity index (χ1n) is 13.7. The summed E-state index contributed by atoms with van der Waals surface area (Å²) in [4.78, 5) is 40.3. The third kappa shape index (κ3) is 3.60. The molecule has 202 valence electrons. The van der Waals surface area contributed by atoms with E-state index in [1.54, 1.807) is 53.0 Å². The lowest BCUT2D eigenvalue weighted by Crippen LogP contribution is -2.20. The third-order valence-corrected chi connectivity index (χ3v) is 10.4. The first-order chi connectivity index (χ1) is 20.4. The van der Waals surface area contributed by atoms with Crippen LogP contribution >= 0.6 is 22.7 Å². The van der Waals surface area contributed by atoms with Gasteiger partial charge in [0.2, 0.25) is 5.95 Å². The van der Waals surface area contributed by atoms with E-state index in [2.05, 4.69) is 49.1 Å². The van der Waals surface area contributed by atoms with Gasteiger partial charge in [-0.2, -0.15) is 0 Å².